The van der Waals surface area contributed by atoms with E-state index in [9.17, 15) is 4.79 Å². The Morgan fingerprint density at radius 1 is 1.43 bits per heavy atom. The zero-order valence-electron chi connectivity index (χ0n) is 7.56. The number of hydrogen-bond acceptors (Lipinski definition) is 2. The topological polar surface area (TPSA) is 63.3 Å². The van der Waals surface area contributed by atoms with Crippen LogP contribution < -0.4 is 5.73 Å². The molecule has 1 aromatic rings. The van der Waals surface area contributed by atoms with E-state index in [1.807, 2.05) is 30.3 Å². The van der Waals surface area contributed by atoms with Crippen molar-refractivity contribution in [3.05, 3.63) is 35.9 Å². The lowest BCUT2D eigenvalue weighted by Crippen LogP contribution is -2.28. The zero-order valence-corrected chi connectivity index (χ0v) is 8.32. The molecule has 3 N–H and O–H groups in total. The molecule has 1 rings (SSSR count). The molecular weight excluding hydrogens is 202 g/mol. The number of carboxylic acids is 1. The van der Waals surface area contributed by atoms with Crippen LogP contribution in [0, 0.1) is 0 Å². The summed E-state index contributed by atoms with van der Waals surface area (Å²) in [6.07, 6.45) is 0. The molecule has 4 heteroatoms. The van der Waals surface area contributed by atoms with Crippen molar-refractivity contribution < 1.29 is 9.90 Å². The van der Waals surface area contributed by atoms with E-state index in [1.165, 1.54) is 0 Å². The highest BCUT2D eigenvalue weighted by molar-refractivity contribution is 6.30. The molecule has 0 aliphatic rings. The van der Waals surface area contributed by atoms with Gasteiger partial charge in [0.2, 0.25) is 0 Å². The minimum Gasteiger partial charge on any atom is -0.480 e. The number of carboxylic acid groups (broad SMARTS) is 1. The summed E-state index contributed by atoms with van der Waals surface area (Å²) in [5, 5.41) is 7.79. The van der Waals surface area contributed by atoms with Crippen LogP contribution in [0.25, 0.3) is 0 Å². The van der Waals surface area contributed by atoms with Crippen molar-refractivity contribution in [2.24, 2.45) is 5.73 Å². The van der Waals surface area contributed by atoms with Crippen LogP contribution in [0.5, 0.6) is 0 Å². The van der Waals surface area contributed by atoms with Crippen molar-refractivity contribution in [2.45, 2.75) is 11.3 Å². The first-order valence-electron chi connectivity index (χ1n) is 4.28. The highest BCUT2D eigenvalue weighted by Gasteiger charge is 2.25. The minimum absolute atomic E-state index is 0.227. The average molecular weight is 214 g/mol. The Kier molecular flexibility index (Phi) is 3.92. The minimum atomic E-state index is -1.04. The van der Waals surface area contributed by atoms with Crippen molar-refractivity contribution in [1.82, 2.24) is 0 Å². The summed E-state index contributed by atoms with van der Waals surface area (Å²) in [5.74, 6) is -1.37. The number of hydrogen-bond donors (Lipinski definition) is 2. The second-order valence-corrected chi connectivity index (χ2v) is 3.46. The lowest BCUT2D eigenvalue weighted by molar-refractivity contribution is -0.137. The third-order valence-corrected chi connectivity index (χ3v) is 2.56. The van der Waals surface area contributed by atoms with Gasteiger partial charge in [0.05, 0.1) is 0 Å². The van der Waals surface area contributed by atoms with Crippen LogP contribution in [0.3, 0.4) is 0 Å². The van der Waals surface area contributed by atoms with Crippen LogP contribution in [-0.2, 0) is 4.79 Å². The predicted octanol–water partition coefficient (Wildman–Crippen LogP) is 1.42. The number of aliphatic carboxylic acids is 1. The molecule has 1 aromatic carbocycles. The Hall–Kier alpha value is -1.06. The number of carbonyl (C=O) groups is 1. The maximum atomic E-state index is 10.7. The normalized spacial score (nSPS) is 14.7. The van der Waals surface area contributed by atoms with E-state index in [4.69, 9.17) is 22.4 Å². The lowest BCUT2D eigenvalue weighted by Gasteiger charge is -2.17. The van der Waals surface area contributed by atoms with Gasteiger partial charge in [-0.1, -0.05) is 30.3 Å². The smallest absolute Gasteiger partial charge is 0.322 e. The fourth-order valence-corrected chi connectivity index (χ4v) is 1.55. The first kappa shape index (κ1) is 11.0. The third-order valence-electron chi connectivity index (χ3n) is 2.07. The summed E-state index contributed by atoms with van der Waals surface area (Å²) in [4.78, 5) is 10.7. The van der Waals surface area contributed by atoms with Gasteiger partial charge < -0.3 is 10.8 Å². The molecule has 0 aliphatic carbocycles. The number of alkyl halides is 1. The second-order valence-electron chi connectivity index (χ2n) is 2.99. The molecule has 3 nitrogen and oxygen atoms in total. The predicted molar refractivity (Wildman–Crippen MR) is 55.5 cm³/mol. The van der Waals surface area contributed by atoms with Gasteiger partial charge in [-0.25, -0.2) is 0 Å². The van der Waals surface area contributed by atoms with Crippen molar-refractivity contribution in [3.63, 3.8) is 0 Å². The van der Waals surface area contributed by atoms with E-state index < -0.39 is 11.3 Å². The quantitative estimate of drug-likeness (QED) is 0.744. The summed E-state index contributed by atoms with van der Waals surface area (Å²) >= 11 is 5.74. The molecule has 2 atom stereocenters. The molecule has 0 spiro atoms. The lowest BCUT2D eigenvalue weighted by atomic mass is 9.95. The maximum Gasteiger partial charge on any atom is 0.322 e. The summed E-state index contributed by atoms with van der Waals surface area (Å²) in [6.45, 7) is 0.227. The largest absolute Gasteiger partial charge is 0.480 e. The van der Waals surface area contributed by atoms with Crippen molar-refractivity contribution in [1.29, 1.82) is 0 Å². The van der Waals surface area contributed by atoms with Gasteiger partial charge in [0.15, 0.2) is 0 Å². The molecule has 0 amide bonds. The highest BCUT2D eigenvalue weighted by atomic mass is 35.5. The molecule has 0 fully saturated rings. The summed E-state index contributed by atoms with van der Waals surface area (Å²) < 4.78 is 0. The van der Waals surface area contributed by atoms with E-state index in [0.717, 1.165) is 5.56 Å². The molecule has 0 heterocycles. The number of rotatable bonds is 4. The first-order chi connectivity index (χ1) is 6.66. The molecule has 76 valence electrons. The molecule has 0 bridgehead atoms. The van der Waals surface area contributed by atoms with Crippen LogP contribution in [0.1, 0.15) is 11.5 Å². The Bertz CT molecular complexity index is 302. The monoisotopic (exact) mass is 213 g/mol. The van der Waals surface area contributed by atoms with Gasteiger partial charge >= 0.3 is 5.97 Å². The third kappa shape index (κ3) is 2.47. The van der Waals surface area contributed by atoms with Gasteiger partial charge in [-0.05, 0) is 5.56 Å². The standard InChI is InChI=1S/C10H12ClNO2/c11-9(10(13)14)8(6-12)7-4-2-1-3-5-7/h1-5,8-9H,6,12H2,(H,13,14). The fraction of sp³-hybridized carbons (Fsp3) is 0.300. The molecule has 0 radical (unpaired) electrons. The van der Waals surface area contributed by atoms with Gasteiger partial charge in [-0.2, -0.15) is 0 Å². The van der Waals surface area contributed by atoms with Crippen LogP contribution in [-0.4, -0.2) is 23.0 Å². The second kappa shape index (κ2) is 4.98. The van der Waals surface area contributed by atoms with Crippen LogP contribution in [0.4, 0.5) is 0 Å². The van der Waals surface area contributed by atoms with Crippen molar-refractivity contribution >= 4 is 17.6 Å². The van der Waals surface area contributed by atoms with E-state index in [1.54, 1.807) is 0 Å². The molecule has 2 unspecified atom stereocenters. The number of halogens is 1. The Balaban J connectivity index is 2.87. The maximum absolute atomic E-state index is 10.7. The molecule has 0 aromatic heterocycles. The van der Waals surface area contributed by atoms with Gasteiger partial charge in [-0.3, -0.25) is 4.79 Å². The average Bonchev–Trinajstić information content (AvgIpc) is 2.20. The van der Waals surface area contributed by atoms with Crippen LogP contribution >= 0.6 is 11.6 Å². The summed E-state index contributed by atoms with van der Waals surface area (Å²) in [7, 11) is 0. The molecule has 0 aliphatic heterocycles. The van der Waals surface area contributed by atoms with Crippen molar-refractivity contribution in [2.75, 3.05) is 6.54 Å². The van der Waals surface area contributed by atoms with Gasteiger partial charge in [0.1, 0.15) is 5.38 Å². The molecular formula is C10H12ClNO2. The van der Waals surface area contributed by atoms with Crippen molar-refractivity contribution in [3.8, 4) is 0 Å². The van der Waals surface area contributed by atoms with Crippen LogP contribution in [0.15, 0.2) is 30.3 Å². The Labute approximate surface area is 87.5 Å². The highest BCUT2D eigenvalue weighted by Crippen LogP contribution is 2.22. The summed E-state index contributed by atoms with van der Waals surface area (Å²) in [6, 6.07) is 9.19. The molecule has 0 saturated carbocycles. The van der Waals surface area contributed by atoms with E-state index in [0.29, 0.717) is 0 Å². The Morgan fingerprint density at radius 2 is 2.00 bits per heavy atom. The van der Waals surface area contributed by atoms with Gasteiger partial charge in [0, 0.05) is 12.5 Å². The van der Waals surface area contributed by atoms with Gasteiger partial charge in [-0.15, -0.1) is 11.6 Å². The fourth-order valence-electron chi connectivity index (χ4n) is 1.30. The molecule has 14 heavy (non-hydrogen) atoms. The zero-order chi connectivity index (χ0) is 10.6. The summed E-state index contributed by atoms with van der Waals surface area (Å²) in [5.41, 5.74) is 6.35. The van der Waals surface area contributed by atoms with Crippen LogP contribution in [0.2, 0.25) is 0 Å². The van der Waals surface area contributed by atoms with Gasteiger partial charge in [0.25, 0.3) is 0 Å². The Morgan fingerprint density at radius 3 is 2.43 bits per heavy atom. The first-order valence-corrected chi connectivity index (χ1v) is 4.72. The van der Waals surface area contributed by atoms with E-state index in [2.05, 4.69) is 0 Å². The van der Waals surface area contributed by atoms with E-state index >= 15 is 0 Å². The van der Waals surface area contributed by atoms with E-state index in [-0.39, 0.29) is 12.5 Å². The number of benzene rings is 1. The molecule has 0 saturated heterocycles. The number of nitrogens with two attached hydrogens (primary N) is 1. The SMILES string of the molecule is NCC(c1ccccc1)C(Cl)C(=O)O.